The van der Waals surface area contributed by atoms with Crippen molar-refractivity contribution in [2.75, 3.05) is 21.2 Å². The number of esters is 1. The maximum absolute atomic E-state index is 11.5. The Kier molecular flexibility index (Phi) is 6.71. The zero-order chi connectivity index (χ0) is 18.4. The summed E-state index contributed by atoms with van der Waals surface area (Å²) in [5, 5.41) is 0. The standard InChI is InChI=1S/C12H16N2O8S2/c1-13-23(16,17)21-10-5-6-11(22-24(18,19)14-2)9(8-10)4-7-12(15)20-3/h4-8,13-14H,1-3H3. The van der Waals surface area contributed by atoms with Gasteiger partial charge in [0.2, 0.25) is 0 Å². The number of carbonyl (C=O) groups is 1. The number of benzene rings is 1. The predicted octanol–water partition coefficient (Wildman–Crippen LogP) is -0.441. The molecule has 0 aliphatic carbocycles. The Bertz CT molecular complexity index is 831. The Morgan fingerprint density at radius 2 is 1.62 bits per heavy atom. The molecule has 134 valence electrons. The quantitative estimate of drug-likeness (QED) is 0.457. The van der Waals surface area contributed by atoms with Gasteiger partial charge in [0.15, 0.2) is 5.75 Å². The Balaban J connectivity index is 3.28. The molecule has 0 aliphatic rings. The molecule has 24 heavy (non-hydrogen) atoms. The van der Waals surface area contributed by atoms with Crippen molar-refractivity contribution >= 4 is 32.7 Å². The third-order valence-electron chi connectivity index (χ3n) is 2.49. The molecule has 0 amide bonds. The second-order valence-electron chi connectivity index (χ2n) is 4.04. The van der Waals surface area contributed by atoms with E-state index in [4.69, 9.17) is 8.37 Å². The summed E-state index contributed by atoms with van der Waals surface area (Å²) in [7, 11) is -4.61. The molecule has 0 fully saturated rings. The fourth-order valence-corrected chi connectivity index (χ4v) is 2.25. The Hall–Kier alpha value is -2.15. The van der Waals surface area contributed by atoms with Crippen LogP contribution in [0.4, 0.5) is 0 Å². The third-order valence-corrected chi connectivity index (χ3v) is 4.30. The Morgan fingerprint density at radius 3 is 2.17 bits per heavy atom. The van der Waals surface area contributed by atoms with Crippen LogP contribution in [0.5, 0.6) is 11.5 Å². The van der Waals surface area contributed by atoms with Gasteiger partial charge in [-0.2, -0.15) is 26.3 Å². The van der Waals surface area contributed by atoms with Crippen LogP contribution in [0.2, 0.25) is 0 Å². The summed E-state index contributed by atoms with van der Waals surface area (Å²) in [6.07, 6.45) is 2.19. The van der Waals surface area contributed by atoms with E-state index in [0.717, 1.165) is 27.3 Å². The normalized spacial score (nSPS) is 12.1. The Labute approximate surface area is 139 Å². The van der Waals surface area contributed by atoms with Gasteiger partial charge in [0.05, 0.1) is 7.11 Å². The monoisotopic (exact) mass is 380 g/mol. The van der Waals surface area contributed by atoms with Crippen LogP contribution >= 0.6 is 0 Å². The lowest BCUT2D eigenvalue weighted by Crippen LogP contribution is -2.25. The fraction of sp³-hybridized carbons (Fsp3) is 0.250. The van der Waals surface area contributed by atoms with Crippen molar-refractivity contribution < 1.29 is 34.7 Å². The van der Waals surface area contributed by atoms with E-state index in [9.17, 15) is 21.6 Å². The van der Waals surface area contributed by atoms with Gasteiger partial charge >= 0.3 is 26.6 Å². The SMILES string of the molecule is CNS(=O)(=O)Oc1ccc(OS(=O)(=O)NC)c(C=CC(=O)OC)c1. The van der Waals surface area contributed by atoms with Crippen LogP contribution in [0, 0.1) is 0 Å². The zero-order valence-corrected chi connectivity index (χ0v) is 14.6. The summed E-state index contributed by atoms with van der Waals surface area (Å²) in [6.45, 7) is 0. The zero-order valence-electron chi connectivity index (χ0n) is 13.0. The molecule has 0 aliphatic heterocycles. The lowest BCUT2D eigenvalue weighted by molar-refractivity contribution is -0.134. The van der Waals surface area contributed by atoms with Crippen molar-refractivity contribution in [1.82, 2.24) is 9.44 Å². The van der Waals surface area contributed by atoms with Crippen molar-refractivity contribution in [2.45, 2.75) is 0 Å². The van der Waals surface area contributed by atoms with Crippen molar-refractivity contribution in [2.24, 2.45) is 0 Å². The van der Waals surface area contributed by atoms with E-state index in [-0.39, 0.29) is 17.1 Å². The summed E-state index contributed by atoms with van der Waals surface area (Å²) < 4.78 is 63.6. The molecule has 0 atom stereocenters. The smallest absolute Gasteiger partial charge is 0.382 e. The molecule has 0 saturated carbocycles. The second-order valence-corrected chi connectivity index (χ2v) is 7.01. The van der Waals surface area contributed by atoms with Crippen LogP contribution in [-0.2, 0) is 30.1 Å². The van der Waals surface area contributed by atoms with Crippen LogP contribution in [0.25, 0.3) is 6.08 Å². The highest BCUT2D eigenvalue weighted by Crippen LogP contribution is 2.27. The maximum Gasteiger partial charge on any atom is 0.382 e. The van der Waals surface area contributed by atoms with Crippen LogP contribution in [0.1, 0.15) is 5.56 Å². The van der Waals surface area contributed by atoms with Gasteiger partial charge in [0.1, 0.15) is 5.75 Å². The first-order valence-electron chi connectivity index (χ1n) is 6.28. The van der Waals surface area contributed by atoms with E-state index in [1.54, 1.807) is 0 Å². The molecular formula is C12H16N2O8S2. The molecule has 0 unspecified atom stereocenters. The predicted molar refractivity (Wildman–Crippen MR) is 84.7 cm³/mol. The number of hydrogen-bond donors (Lipinski definition) is 2. The molecule has 0 spiro atoms. The highest BCUT2D eigenvalue weighted by molar-refractivity contribution is 7.85. The van der Waals surface area contributed by atoms with Crippen molar-refractivity contribution in [3.8, 4) is 11.5 Å². The second kappa shape index (κ2) is 8.10. The van der Waals surface area contributed by atoms with Crippen LogP contribution in [0.15, 0.2) is 24.3 Å². The minimum atomic E-state index is -4.06. The molecule has 1 rings (SSSR count). The average molecular weight is 380 g/mol. The third kappa shape index (κ3) is 6.16. The molecule has 1 aromatic carbocycles. The molecule has 12 heteroatoms. The van der Waals surface area contributed by atoms with E-state index < -0.39 is 26.6 Å². The van der Waals surface area contributed by atoms with Gasteiger partial charge in [-0.25, -0.2) is 4.79 Å². The summed E-state index contributed by atoms with van der Waals surface area (Å²) in [4.78, 5) is 11.2. The highest BCUT2D eigenvalue weighted by Gasteiger charge is 2.15. The van der Waals surface area contributed by atoms with E-state index >= 15 is 0 Å². The van der Waals surface area contributed by atoms with Crippen LogP contribution in [0.3, 0.4) is 0 Å². The average Bonchev–Trinajstić information content (AvgIpc) is 2.54. The molecule has 0 heterocycles. The Morgan fingerprint density at radius 1 is 1.04 bits per heavy atom. The van der Waals surface area contributed by atoms with Crippen molar-refractivity contribution in [1.29, 1.82) is 0 Å². The molecule has 10 nitrogen and oxygen atoms in total. The first-order valence-corrected chi connectivity index (χ1v) is 9.10. The molecule has 1 aromatic rings. The summed E-state index contributed by atoms with van der Waals surface area (Å²) >= 11 is 0. The van der Waals surface area contributed by atoms with E-state index in [1.165, 1.54) is 24.3 Å². The van der Waals surface area contributed by atoms with E-state index in [0.29, 0.717) is 0 Å². The lowest BCUT2D eigenvalue weighted by atomic mass is 10.2. The minimum absolute atomic E-state index is 0.0722. The van der Waals surface area contributed by atoms with Gasteiger partial charge in [-0.1, -0.05) is 0 Å². The summed E-state index contributed by atoms with van der Waals surface area (Å²) in [5.41, 5.74) is 0.0722. The number of nitrogens with one attached hydrogen (secondary N) is 2. The summed E-state index contributed by atoms with van der Waals surface area (Å²) in [6, 6.07) is 3.53. The first-order chi connectivity index (χ1) is 11.1. The van der Waals surface area contributed by atoms with E-state index in [2.05, 4.69) is 4.74 Å². The fourth-order valence-electron chi connectivity index (χ4n) is 1.34. The largest absolute Gasteiger partial charge is 0.466 e. The molecule has 2 N–H and O–H groups in total. The molecule has 0 radical (unpaired) electrons. The number of methoxy groups -OCH3 is 1. The van der Waals surface area contributed by atoms with E-state index in [1.807, 2.05) is 9.44 Å². The highest BCUT2D eigenvalue weighted by atomic mass is 32.2. The summed E-state index contributed by atoms with van der Waals surface area (Å²) in [5.74, 6) is -0.978. The minimum Gasteiger partial charge on any atom is -0.466 e. The maximum atomic E-state index is 11.5. The number of hydrogen-bond acceptors (Lipinski definition) is 8. The van der Waals surface area contributed by atoms with Crippen molar-refractivity contribution in [3.63, 3.8) is 0 Å². The van der Waals surface area contributed by atoms with Crippen molar-refractivity contribution in [3.05, 3.63) is 29.8 Å². The molecule has 0 bridgehead atoms. The van der Waals surface area contributed by atoms with Crippen LogP contribution in [-0.4, -0.2) is 44.0 Å². The topological polar surface area (TPSA) is 137 Å². The van der Waals surface area contributed by atoms with Crippen LogP contribution < -0.4 is 17.8 Å². The first kappa shape index (κ1) is 19.9. The van der Waals surface area contributed by atoms with Gasteiger partial charge in [0, 0.05) is 25.7 Å². The number of rotatable bonds is 8. The van der Waals surface area contributed by atoms with Gasteiger partial charge in [-0.15, -0.1) is 0 Å². The van der Waals surface area contributed by atoms with Gasteiger partial charge in [0.25, 0.3) is 0 Å². The number of ether oxygens (including phenoxy) is 1. The molecular weight excluding hydrogens is 364 g/mol. The van der Waals surface area contributed by atoms with Gasteiger partial charge < -0.3 is 13.1 Å². The lowest BCUT2D eigenvalue weighted by Gasteiger charge is -2.11. The molecule has 0 aromatic heterocycles. The van der Waals surface area contributed by atoms with Gasteiger partial charge in [-0.05, 0) is 24.3 Å². The number of carbonyl (C=O) groups excluding carboxylic acids is 1. The van der Waals surface area contributed by atoms with Gasteiger partial charge in [-0.3, -0.25) is 0 Å². The molecule has 0 saturated heterocycles.